The van der Waals surface area contributed by atoms with Crippen molar-refractivity contribution in [2.24, 2.45) is 0 Å². The van der Waals surface area contributed by atoms with E-state index in [1.807, 2.05) is 11.8 Å². The second-order valence-corrected chi connectivity index (χ2v) is 8.06. The molecule has 2 aromatic carbocycles. The van der Waals surface area contributed by atoms with Crippen molar-refractivity contribution >= 4 is 17.3 Å². The van der Waals surface area contributed by atoms with E-state index in [-0.39, 0.29) is 0 Å². The predicted octanol–water partition coefficient (Wildman–Crippen LogP) is 5.38. The van der Waals surface area contributed by atoms with Crippen LogP contribution in [0.5, 0.6) is 0 Å². The summed E-state index contributed by atoms with van der Waals surface area (Å²) in [5.41, 5.74) is 5.53. The average molecular weight is 325 g/mol. The van der Waals surface area contributed by atoms with Crippen molar-refractivity contribution in [3.05, 3.63) is 65.2 Å². The van der Waals surface area contributed by atoms with Gasteiger partial charge in [-0.25, -0.2) is 0 Å². The van der Waals surface area contributed by atoms with Crippen molar-refractivity contribution in [3.63, 3.8) is 0 Å². The van der Waals surface area contributed by atoms with E-state index in [0.29, 0.717) is 0 Å². The van der Waals surface area contributed by atoms with Crippen LogP contribution in [-0.2, 0) is 0 Å². The standard InChI is InChI=1S/C21H26NS/c1-5-22(3,4)14-8-10-17-18-9-6-7-11-20(18)23-21-13-12-16(2)15-19(17)21/h6-7,9-13,15H,5,8,14H2,1-4H3/q+1/b17-10-. The fraction of sp³-hybridized carbons (Fsp3) is 0.333. The van der Waals surface area contributed by atoms with Crippen LogP contribution in [0.1, 0.15) is 30.0 Å². The molecule has 0 spiro atoms. The molecule has 0 aliphatic carbocycles. The lowest BCUT2D eigenvalue weighted by Gasteiger charge is -2.28. The van der Waals surface area contributed by atoms with Crippen LogP contribution in [0.2, 0.25) is 0 Å². The molecule has 0 N–H and O–H groups in total. The van der Waals surface area contributed by atoms with E-state index in [1.165, 1.54) is 45.1 Å². The first-order chi connectivity index (χ1) is 11.0. The van der Waals surface area contributed by atoms with Crippen LogP contribution < -0.4 is 0 Å². The molecular formula is C21H26NS+. The number of quaternary nitrogens is 1. The molecule has 1 aliphatic rings. The van der Waals surface area contributed by atoms with Gasteiger partial charge in [0.15, 0.2) is 0 Å². The van der Waals surface area contributed by atoms with Gasteiger partial charge in [-0.3, -0.25) is 0 Å². The zero-order valence-electron chi connectivity index (χ0n) is 14.6. The summed E-state index contributed by atoms with van der Waals surface area (Å²) in [6, 6.07) is 15.6. The van der Waals surface area contributed by atoms with Crippen LogP contribution in [0, 0.1) is 6.92 Å². The van der Waals surface area contributed by atoms with Gasteiger partial charge < -0.3 is 4.48 Å². The molecule has 3 rings (SSSR count). The predicted molar refractivity (Wildman–Crippen MR) is 101 cm³/mol. The SMILES string of the molecule is CC[N+](C)(C)CC/C=C1/c2ccccc2Sc2ccc(C)cc21. The van der Waals surface area contributed by atoms with Crippen LogP contribution in [0.15, 0.2) is 58.3 Å². The van der Waals surface area contributed by atoms with Crippen LogP contribution >= 0.6 is 11.8 Å². The summed E-state index contributed by atoms with van der Waals surface area (Å²) >= 11 is 1.89. The molecule has 0 fully saturated rings. The molecule has 0 radical (unpaired) electrons. The lowest BCUT2D eigenvalue weighted by Crippen LogP contribution is -2.39. The first-order valence-electron chi connectivity index (χ1n) is 8.40. The Morgan fingerprint density at radius 3 is 2.52 bits per heavy atom. The van der Waals surface area contributed by atoms with Crippen molar-refractivity contribution in [1.29, 1.82) is 0 Å². The second kappa shape index (κ2) is 6.54. The molecule has 120 valence electrons. The van der Waals surface area contributed by atoms with Gasteiger partial charge in [0.1, 0.15) is 0 Å². The van der Waals surface area contributed by atoms with E-state index in [2.05, 4.69) is 76.5 Å². The minimum absolute atomic E-state index is 1.07. The second-order valence-electron chi connectivity index (χ2n) is 6.98. The van der Waals surface area contributed by atoms with E-state index >= 15 is 0 Å². The van der Waals surface area contributed by atoms with Crippen molar-refractivity contribution in [1.82, 2.24) is 0 Å². The summed E-state index contributed by atoms with van der Waals surface area (Å²) in [6.07, 6.45) is 3.56. The number of hydrogen-bond acceptors (Lipinski definition) is 1. The summed E-state index contributed by atoms with van der Waals surface area (Å²) in [7, 11) is 4.61. The molecule has 0 bridgehead atoms. The summed E-state index contributed by atoms with van der Waals surface area (Å²) in [4.78, 5) is 2.75. The first kappa shape index (κ1) is 16.4. The highest BCUT2D eigenvalue weighted by atomic mass is 32.2. The molecule has 0 amide bonds. The normalized spacial score (nSPS) is 15.4. The van der Waals surface area contributed by atoms with Gasteiger partial charge >= 0.3 is 0 Å². The minimum Gasteiger partial charge on any atom is -0.328 e. The highest BCUT2D eigenvalue weighted by Crippen LogP contribution is 2.45. The molecule has 1 nitrogen and oxygen atoms in total. The quantitative estimate of drug-likeness (QED) is 0.581. The van der Waals surface area contributed by atoms with Crippen LogP contribution in [0.4, 0.5) is 0 Å². The first-order valence-corrected chi connectivity index (χ1v) is 9.22. The van der Waals surface area contributed by atoms with E-state index in [1.54, 1.807) is 0 Å². The summed E-state index contributed by atoms with van der Waals surface area (Å²) < 4.78 is 1.07. The lowest BCUT2D eigenvalue weighted by atomic mass is 9.95. The minimum atomic E-state index is 1.07. The van der Waals surface area contributed by atoms with Gasteiger partial charge in [-0.15, -0.1) is 0 Å². The van der Waals surface area contributed by atoms with Gasteiger partial charge in [-0.1, -0.05) is 53.7 Å². The molecule has 0 saturated carbocycles. The van der Waals surface area contributed by atoms with Gasteiger partial charge in [0.05, 0.1) is 27.2 Å². The summed E-state index contributed by atoms with van der Waals surface area (Å²) in [6.45, 7) is 6.79. The zero-order chi connectivity index (χ0) is 16.4. The number of aryl methyl sites for hydroxylation is 1. The number of rotatable bonds is 4. The van der Waals surface area contributed by atoms with Crippen molar-refractivity contribution in [2.45, 2.75) is 30.1 Å². The highest BCUT2D eigenvalue weighted by molar-refractivity contribution is 7.99. The Hall–Kier alpha value is -1.51. The van der Waals surface area contributed by atoms with E-state index in [4.69, 9.17) is 0 Å². The third kappa shape index (κ3) is 3.54. The zero-order valence-corrected chi connectivity index (χ0v) is 15.4. The third-order valence-corrected chi connectivity index (χ3v) is 5.91. The van der Waals surface area contributed by atoms with Gasteiger partial charge in [0.25, 0.3) is 0 Å². The van der Waals surface area contributed by atoms with Crippen LogP contribution in [0.25, 0.3) is 5.57 Å². The van der Waals surface area contributed by atoms with Gasteiger partial charge in [0, 0.05) is 16.2 Å². The van der Waals surface area contributed by atoms with Gasteiger partial charge in [-0.2, -0.15) is 0 Å². The van der Waals surface area contributed by atoms with Crippen LogP contribution in [-0.4, -0.2) is 31.7 Å². The summed E-state index contributed by atoms with van der Waals surface area (Å²) in [5.74, 6) is 0. The van der Waals surface area contributed by atoms with Gasteiger partial charge in [-0.05, 0) is 42.7 Å². The maximum atomic E-state index is 2.45. The fourth-order valence-corrected chi connectivity index (χ4v) is 4.01. The largest absolute Gasteiger partial charge is 0.328 e. The fourth-order valence-electron chi connectivity index (χ4n) is 2.92. The Morgan fingerprint density at radius 1 is 1.00 bits per heavy atom. The lowest BCUT2D eigenvalue weighted by molar-refractivity contribution is -0.888. The van der Waals surface area contributed by atoms with E-state index < -0.39 is 0 Å². The number of nitrogens with zero attached hydrogens (tertiary/aromatic N) is 1. The maximum absolute atomic E-state index is 2.45. The molecule has 1 aliphatic heterocycles. The van der Waals surface area contributed by atoms with Crippen molar-refractivity contribution < 1.29 is 4.48 Å². The highest BCUT2D eigenvalue weighted by Gasteiger charge is 2.20. The Bertz CT molecular complexity index is 743. The molecule has 0 atom stereocenters. The number of benzene rings is 2. The smallest absolute Gasteiger partial charge is 0.0817 e. The Morgan fingerprint density at radius 2 is 1.74 bits per heavy atom. The molecule has 2 aromatic rings. The Balaban J connectivity index is 2.00. The monoisotopic (exact) mass is 324 g/mol. The van der Waals surface area contributed by atoms with Crippen molar-refractivity contribution in [2.75, 3.05) is 27.2 Å². The molecule has 0 aromatic heterocycles. The average Bonchev–Trinajstić information content (AvgIpc) is 2.54. The van der Waals surface area contributed by atoms with Gasteiger partial charge in [0.2, 0.25) is 0 Å². The van der Waals surface area contributed by atoms with Crippen molar-refractivity contribution in [3.8, 4) is 0 Å². The molecule has 0 saturated heterocycles. The molecular weight excluding hydrogens is 298 g/mol. The number of hydrogen-bond donors (Lipinski definition) is 0. The molecule has 1 heterocycles. The third-order valence-electron chi connectivity index (χ3n) is 4.76. The molecule has 0 unspecified atom stereocenters. The molecule has 23 heavy (non-hydrogen) atoms. The van der Waals surface area contributed by atoms with E-state index in [0.717, 1.165) is 10.9 Å². The Labute approximate surface area is 144 Å². The topological polar surface area (TPSA) is 0 Å². The Kier molecular flexibility index (Phi) is 4.65. The van der Waals surface area contributed by atoms with Crippen LogP contribution in [0.3, 0.4) is 0 Å². The summed E-state index contributed by atoms with van der Waals surface area (Å²) in [5, 5.41) is 0. The van der Waals surface area contributed by atoms with E-state index in [9.17, 15) is 0 Å². The number of fused-ring (bicyclic) bond motifs is 2. The molecule has 2 heteroatoms. The maximum Gasteiger partial charge on any atom is 0.0817 e.